The van der Waals surface area contributed by atoms with Gasteiger partial charge in [0.15, 0.2) is 5.82 Å². The molecule has 0 unspecified atom stereocenters. The van der Waals surface area contributed by atoms with Crippen molar-refractivity contribution in [2.45, 2.75) is 26.4 Å². The van der Waals surface area contributed by atoms with E-state index in [0.717, 1.165) is 15.6 Å². The van der Waals surface area contributed by atoms with E-state index in [1.807, 2.05) is 23.4 Å². The molecular weight excluding hydrogens is 409 g/mol. The van der Waals surface area contributed by atoms with Crippen LogP contribution >= 0.6 is 11.3 Å². The van der Waals surface area contributed by atoms with Gasteiger partial charge in [-0.25, -0.2) is 4.98 Å². The van der Waals surface area contributed by atoms with Crippen molar-refractivity contribution in [1.29, 1.82) is 0 Å². The van der Waals surface area contributed by atoms with Gasteiger partial charge in [0.25, 0.3) is 0 Å². The maximum Gasteiger partial charge on any atom is 0.573 e. The van der Waals surface area contributed by atoms with E-state index in [1.54, 1.807) is 17.5 Å². The van der Waals surface area contributed by atoms with Gasteiger partial charge in [0.1, 0.15) is 23.2 Å². The molecule has 1 aliphatic heterocycles. The predicted molar refractivity (Wildman–Crippen MR) is 99.4 cm³/mol. The number of halogens is 3. The molecule has 0 atom stereocenters. The first kappa shape index (κ1) is 19.5. The smallest absolute Gasteiger partial charge is 0.425 e. The zero-order chi connectivity index (χ0) is 20.6. The van der Waals surface area contributed by atoms with Crippen molar-refractivity contribution in [2.24, 2.45) is 0 Å². The van der Waals surface area contributed by atoms with Gasteiger partial charge in [-0.05, 0) is 19.1 Å². The number of thiazole rings is 1. The minimum atomic E-state index is -4.78. The first-order valence-electron chi connectivity index (χ1n) is 8.62. The molecule has 0 aliphatic carbocycles. The van der Waals surface area contributed by atoms with Crippen molar-refractivity contribution in [1.82, 2.24) is 14.5 Å². The summed E-state index contributed by atoms with van der Waals surface area (Å²) in [6.07, 6.45) is -3.00. The highest BCUT2D eigenvalue weighted by molar-refractivity contribution is 7.11. The minimum Gasteiger partial charge on any atom is -0.425 e. The second kappa shape index (κ2) is 7.56. The third-order valence-electron chi connectivity index (χ3n) is 4.11. The summed E-state index contributed by atoms with van der Waals surface area (Å²) in [5, 5.41) is 0.856. The highest BCUT2D eigenvalue weighted by Crippen LogP contribution is 2.34. The molecule has 0 fully saturated rings. The van der Waals surface area contributed by atoms with E-state index < -0.39 is 6.36 Å². The molecule has 0 amide bonds. The topological polar surface area (TPSA) is 61.6 Å². The van der Waals surface area contributed by atoms with Crippen LogP contribution in [0.15, 0.2) is 30.5 Å². The van der Waals surface area contributed by atoms with Gasteiger partial charge in [0.2, 0.25) is 0 Å². The van der Waals surface area contributed by atoms with Crippen LogP contribution in [0.4, 0.5) is 19.0 Å². The van der Waals surface area contributed by atoms with Crippen LogP contribution < -0.4 is 14.4 Å². The van der Waals surface area contributed by atoms with Gasteiger partial charge in [-0.2, -0.15) is 4.98 Å². The largest absolute Gasteiger partial charge is 0.573 e. The Balaban J connectivity index is 1.67. The summed E-state index contributed by atoms with van der Waals surface area (Å²) in [7, 11) is 1.84. The molecule has 1 aromatic carbocycles. The van der Waals surface area contributed by atoms with Crippen LogP contribution in [-0.4, -0.2) is 34.7 Å². The average Bonchev–Trinajstić information content (AvgIpc) is 3.19. The standard InChI is InChI=1S/C18H17F3N4O3S/c1-11-7-22-15(29-11)8-25-14-9-26-10-24(2)16(14)23-17(25)27-12-4-3-5-13(6-12)28-18(19,20)21/h3-7H,8-10H2,1-2H3. The second-order valence-corrected chi connectivity index (χ2v) is 7.74. The lowest BCUT2D eigenvalue weighted by molar-refractivity contribution is -0.274. The van der Waals surface area contributed by atoms with Crippen LogP contribution in [0.2, 0.25) is 0 Å². The number of alkyl halides is 3. The normalized spacial score (nSPS) is 14.0. The number of aromatic nitrogens is 3. The second-order valence-electron chi connectivity index (χ2n) is 6.42. The van der Waals surface area contributed by atoms with Crippen LogP contribution in [0.5, 0.6) is 17.5 Å². The van der Waals surface area contributed by atoms with E-state index >= 15 is 0 Å². The van der Waals surface area contributed by atoms with E-state index in [4.69, 9.17) is 9.47 Å². The van der Waals surface area contributed by atoms with Crippen LogP contribution in [0.25, 0.3) is 0 Å². The number of anilines is 1. The Morgan fingerprint density at radius 2 is 2.07 bits per heavy atom. The summed E-state index contributed by atoms with van der Waals surface area (Å²) in [5.74, 6) is 0.505. The van der Waals surface area contributed by atoms with Crippen LogP contribution in [0.1, 0.15) is 15.6 Å². The fourth-order valence-corrected chi connectivity index (χ4v) is 3.71. The van der Waals surface area contributed by atoms with Crippen molar-refractivity contribution in [3.05, 3.63) is 46.0 Å². The van der Waals surface area contributed by atoms with E-state index in [0.29, 0.717) is 25.7 Å². The number of ether oxygens (including phenoxy) is 3. The number of hydrogen-bond acceptors (Lipinski definition) is 7. The summed E-state index contributed by atoms with van der Waals surface area (Å²) in [6, 6.07) is 5.57. The van der Waals surface area contributed by atoms with Crippen molar-refractivity contribution in [2.75, 3.05) is 18.7 Å². The van der Waals surface area contributed by atoms with Crippen molar-refractivity contribution in [3.63, 3.8) is 0 Å². The van der Waals surface area contributed by atoms with Crippen LogP contribution in [0.3, 0.4) is 0 Å². The Hall–Kier alpha value is -2.79. The number of fused-ring (bicyclic) bond motifs is 1. The molecule has 0 saturated carbocycles. The summed E-state index contributed by atoms with van der Waals surface area (Å²) < 4.78 is 54.7. The molecule has 0 radical (unpaired) electrons. The third-order valence-corrected chi connectivity index (χ3v) is 5.01. The number of rotatable bonds is 5. The highest BCUT2D eigenvalue weighted by Gasteiger charge is 2.31. The van der Waals surface area contributed by atoms with Gasteiger partial charge in [-0.1, -0.05) is 6.07 Å². The van der Waals surface area contributed by atoms with Gasteiger partial charge in [0.05, 0.1) is 18.8 Å². The molecule has 0 bridgehead atoms. The van der Waals surface area contributed by atoms with Gasteiger partial charge in [-0.3, -0.25) is 4.57 Å². The summed E-state index contributed by atoms with van der Waals surface area (Å²) in [4.78, 5) is 11.8. The quantitative estimate of drug-likeness (QED) is 0.606. The lowest BCUT2D eigenvalue weighted by atomic mass is 10.3. The lowest BCUT2D eigenvalue weighted by Gasteiger charge is -2.23. The van der Waals surface area contributed by atoms with Crippen LogP contribution in [-0.2, 0) is 17.9 Å². The van der Waals surface area contributed by atoms with Crippen molar-refractivity contribution < 1.29 is 27.4 Å². The average molecular weight is 426 g/mol. The third kappa shape index (κ3) is 4.46. The SMILES string of the molecule is Cc1cnc(Cn2c(Oc3cccc(OC(F)(F)F)c3)nc3c2COCN3C)s1. The fourth-order valence-electron chi connectivity index (χ4n) is 2.93. The van der Waals surface area contributed by atoms with Crippen LogP contribution in [0, 0.1) is 6.92 Å². The van der Waals surface area contributed by atoms with Gasteiger partial charge in [0, 0.05) is 24.2 Å². The van der Waals surface area contributed by atoms with Gasteiger partial charge < -0.3 is 19.1 Å². The molecule has 4 rings (SSSR count). The number of hydrogen-bond donors (Lipinski definition) is 0. The van der Waals surface area contributed by atoms with Gasteiger partial charge >= 0.3 is 12.4 Å². The van der Waals surface area contributed by atoms with Gasteiger partial charge in [-0.15, -0.1) is 24.5 Å². The summed E-state index contributed by atoms with van der Waals surface area (Å²) >= 11 is 1.55. The molecule has 0 N–H and O–H groups in total. The Bertz CT molecular complexity index is 1020. The molecule has 2 aromatic heterocycles. The van der Waals surface area contributed by atoms with E-state index in [2.05, 4.69) is 14.7 Å². The maximum atomic E-state index is 12.5. The molecule has 29 heavy (non-hydrogen) atoms. The Morgan fingerprint density at radius 1 is 1.28 bits per heavy atom. The molecule has 7 nitrogen and oxygen atoms in total. The summed E-state index contributed by atoms with van der Waals surface area (Å²) in [6.45, 7) is 3.10. The predicted octanol–water partition coefficient (Wildman–Crippen LogP) is 4.31. The number of nitrogens with zero attached hydrogens (tertiary/aromatic N) is 4. The van der Waals surface area contributed by atoms with Crippen molar-refractivity contribution >= 4 is 17.2 Å². The molecular formula is C18H17F3N4O3S. The Kier molecular flexibility index (Phi) is 5.09. The first-order valence-corrected chi connectivity index (χ1v) is 9.43. The molecule has 0 saturated heterocycles. The molecule has 0 spiro atoms. The fraction of sp³-hybridized carbons (Fsp3) is 0.333. The minimum absolute atomic E-state index is 0.175. The monoisotopic (exact) mass is 426 g/mol. The Morgan fingerprint density at radius 3 is 2.79 bits per heavy atom. The molecule has 1 aliphatic rings. The highest BCUT2D eigenvalue weighted by atomic mass is 32.1. The number of aryl methyl sites for hydroxylation is 1. The molecule has 154 valence electrons. The Labute approximate surface area is 168 Å². The number of imidazole rings is 1. The molecule has 3 heterocycles. The summed E-state index contributed by atoms with van der Waals surface area (Å²) in [5.41, 5.74) is 0.810. The van der Waals surface area contributed by atoms with Crippen molar-refractivity contribution in [3.8, 4) is 17.5 Å². The number of benzene rings is 1. The zero-order valence-electron chi connectivity index (χ0n) is 15.6. The molecule has 11 heteroatoms. The van der Waals surface area contributed by atoms with E-state index in [1.165, 1.54) is 24.3 Å². The molecule has 3 aromatic rings. The lowest BCUT2D eigenvalue weighted by Crippen LogP contribution is -2.27. The maximum absolute atomic E-state index is 12.5. The zero-order valence-corrected chi connectivity index (χ0v) is 16.4. The van der Waals surface area contributed by atoms with E-state index in [-0.39, 0.29) is 17.5 Å². The van der Waals surface area contributed by atoms with E-state index in [9.17, 15) is 13.2 Å². The first-order chi connectivity index (χ1) is 13.8.